The number of carbonyl (C=O) groups excluding carboxylic acids is 1. The van der Waals surface area contributed by atoms with Gasteiger partial charge in [-0.15, -0.1) is 11.8 Å². The number of nitrogens with one attached hydrogen (secondary N) is 2. The molecule has 2 rings (SSSR count). The zero-order valence-electron chi connectivity index (χ0n) is 12.8. The Labute approximate surface area is 138 Å². The number of nitrogens with zero attached hydrogens (tertiary/aromatic N) is 2. The first-order valence-corrected chi connectivity index (χ1v) is 7.90. The fraction of sp³-hybridized carbons (Fsp3) is 0.188. The maximum Gasteiger partial charge on any atom is 0.249 e. The van der Waals surface area contributed by atoms with Crippen LogP contribution < -0.4 is 10.1 Å². The van der Waals surface area contributed by atoms with Gasteiger partial charge in [0.1, 0.15) is 28.2 Å². The second-order valence-electron chi connectivity index (χ2n) is 4.42. The molecule has 0 spiro atoms. The third-order valence-electron chi connectivity index (χ3n) is 2.92. The van der Waals surface area contributed by atoms with E-state index in [1.807, 2.05) is 31.2 Å². The van der Waals surface area contributed by atoms with Crippen molar-refractivity contribution in [2.45, 2.75) is 11.9 Å². The van der Waals surface area contributed by atoms with Crippen molar-refractivity contribution in [3.05, 3.63) is 41.5 Å². The van der Waals surface area contributed by atoms with Gasteiger partial charge < -0.3 is 10.1 Å². The minimum Gasteiger partial charge on any atom is -0.497 e. The van der Waals surface area contributed by atoms with E-state index in [1.165, 1.54) is 17.8 Å². The van der Waals surface area contributed by atoms with Gasteiger partial charge in [-0.1, -0.05) is 19.1 Å². The van der Waals surface area contributed by atoms with E-state index in [-0.39, 0.29) is 5.91 Å². The monoisotopic (exact) mass is 328 g/mol. The molecule has 23 heavy (non-hydrogen) atoms. The number of amides is 1. The van der Waals surface area contributed by atoms with E-state index in [0.29, 0.717) is 16.4 Å². The van der Waals surface area contributed by atoms with Crippen LogP contribution in [-0.2, 0) is 4.79 Å². The summed E-state index contributed by atoms with van der Waals surface area (Å²) in [5, 5.41) is 19.1. The van der Waals surface area contributed by atoms with Crippen molar-refractivity contribution in [3.63, 3.8) is 0 Å². The van der Waals surface area contributed by atoms with Gasteiger partial charge in [0.25, 0.3) is 0 Å². The molecule has 0 saturated heterocycles. The Balaban J connectivity index is 2.04. The fourth-order valence-electron chi connectivity index (χ4n) is 1.81. The maximum absolute atomic E-state index is 12.0. The second-order valence-corrected chi connectivity index (χ2v) is 5.67. The van der Waals surface area contributed by atoms with Gasteiger partial charge in [-0.25, -0.2) is 0 Å². The van der Waals surface area contributed by atoms with Gasteiger partial charge in [0.2, 0.25) is 5.91 Å². The Morgan fingerprint density at radius 2 is 2.22 bits per heavy atom. The number of ether oxygens (including phenoxy) is 1. The molecule has 0 saturated carbocycles. The molecule has 0 aliphatic heterocycles. The summed E-state index contributed by atoms with van der Waals surface area (Å²) in [4.78, 5) is 12.0. The van der Waals surface area contributed by atoms with E-state index in [9.17, 15) is 10.1 Å². The van der Waals surface area contributed by atoms with Gasteiger partial charge in [-0.3, -0.25) is 9.89 Å². The van der Waals surface area contributed by atoms with Crippen LogP contribution in [0.1, 0.15) is 18.1 Å². The summed E-state index contributed by atoms with van der Waals surface area (Å²) in [5.41, 5.74) is 1.22. The molecule has 118 valence electrons. The van der Waals surface area contributed by atoms with Crippen molar-refractivity contribution < 1.29 is 9.53 Å². The number of anilines is 1. The van der Waals surface area contributed by atoms with Crippen LogP contribution in [0.4, 0.5) is 5.82 Å². The summed E-state index contributed by atoms with van der Waals surface area (Å²) in [6.45, 7) is 1.97. The average Bonchev–Trinajstić information content (AvgIpc) is 2.95. The Morgan fingerprint density at radius 3 is 2.83 bits per heavy atom. The fourth-order valence-corrected chi connectivity index (χ4v) is 2.49. The van der Waals surface area contributed by atoms with Crippen molar-refractivity contribution in [2.75, 3.05) is 18.2 Å². The predicted molar refractivity (Wildman–Crippen MR) is 90.4 cm³/mol. The highest BCUT2D eigenvalue weighted by molar-refractivity contribution is 7.99. The van der Waals surface area contributed by atoms with Gasteiger partial charge >= 0.3 is 0 Å². The summed E-state index contributed by atoms with van der Waals surface area (Å²) in [5.74, 6) is 1.52. The smallest absolute Gasteiger partial charge is 0.249 e. The van der Waals surface area contributed by atoms with E-state index in [2.05, 4.69) is 21.6 Å². The van der Waals surface area contributed by atoms with Crippen molar-refractivity contribution in [2.24, 2.45) is 0 Å². The summed E-state index contributed by atoms with van der Waals surface area (Å²) in [6, 6.07) is 9.37. The van der Waals surface area contributed by atoms with Crippen LogP contribution in [0.25, 0.3) is 6.08 Å². The van der Waals surface area contributed by atoms with E-state index in [1.54, 1.807) is 13.2 Å². The third-order valence-corrected chi connectivity index (χ3v) is 3.77. The van der Waals surface area contributed by atoms with E-state index < -0.39 is 0 Å². The van der Waals surface area contributed by atoms with Crippen LogP contribution in [0, 0.1) is 11.3 Å². The number of thioether (sulfide) groups is 1. The molecule has 1 aromatic heterocycles. The summed E-state index contributed by atoms with van der Waals surface area (Å²) < 4.78 is 5.07. The molecule has 6 nitrogen and oxygen atoms in total. The Kier molecular flexibility index (Phi) is 5.83. The number of aromatic nitrogens is 2. The molecule has 0 bridgehead atoms. The Hall–Kier alpha value is -2.72. The highest BCUT2D eigenvalue weighted by Crippen LogP contribution is 2.24. The molecule has 0 fully saturated rings. The lowest BCUT2D eigenvalue weighted by molar-refractivity contribution is -0.111. The van der Waals surface area contributed by atoms with Gasteiger partial charge in [0.05, 0.1) is 7.11 Å². The standard InChI is InChI=1S/C16H16N4O2S/c1-3-23-16-13(10-17)15(19-20-16)18-14(21)9-6-11-4-7-12(22-2)8-5-11/h4-9H,3H2,1-2H3,(H2,18,19,20,21). The molecule has 7 heteroatoms. The average molecular weight is 328 g/mol. The van der Waals surface area contributed by atoms with Gasteiger partial charge in [-0.05, 0) is 29.5 Å². The van der Waals surface area contributed by atoms with Crippen molar-refractivity contribution in [1.29, 1.82) is 5.26 Å². The molecular formula is C16H16N4O2S. The molecule has 0 atom stereocenters. The van der Waals surface area contributed by atoms with Crippen molar-refractivity contribution >= 4 is 29.6 Å². The second kappa shape index (κ2) is 8.06. The number of aromatic amines is 1. The van der Waals surface area contributed by atoms with Crippen LogP contribution in [0.2, 0.25) is 0 Å². The lowest BCUT2D eigenvalue weighted by Crippen LogP contribution is -2.09. The quantitative estimate of drug-likeness (QED) is 0.628. The largest absolute Gasteiger partial charge is 0.497 e. The molecule has 0 unspecified atom stereocenters. The lowest BCUT2D eigenvalue weighted by Gasteiger charge is -2.00. The summed E-state index contributed by atoms with van der Waals surface area (Å²) >= 11 is 1.44. The molecule has 1 aromatic carbocycles. The van der Waals surface area contributed by atoms with E-state index in [0.717, 1.165) is 17.1 Å². The first-order chi connectivity index (χ1) is 11.2. The Bertz CT molecular complexity index is 744. The predicted octanol–water partition coefficient (Wildman–Crippen LogP) is 3.05. The van der Waals surface area contributed by atoms with Crippen LogP contribution in [-0.4, -0.2) is 29.0 Å². The molecule has 0 radical (unpaired) electrons. The number of hydrogen-bond donors (Lipinski definition) is 2. The summed E-state index contributed by atoms with van der Waals surface area (Å²) in [7, 11) is 1.60. The number of H-pyrrole nitrogens is 1. The number of methoxy groups -OCH3 is 1. The van der Waals surface area contributed by atoms with Crippen LogP contribution >= 0.6 is 11.8 Å². The van der Waals surface area contributed by atoms with E-state index >= 15 is 0 Å². The minimum atomic E-state index is -0.339. The topological polar surface area (TPSA) is 90.8 Å². The minimum absolute atomic E-state index is 0.313. The number of hydrogen-bond acceptors (Lipinski definition) is 5. The van der Waals surface area contributed by atoms with Crippen LogP contribution in [0.3, 0.4) is 0 Å². The molecule has 1 heterocycles. The molecular weight excluding hydrogens is 312 g/mol. The number of benzene rings is 1. The molecule has 0 aliphatic carbocycles. The highest BCUT2D eigenvalue weighted by Gasteiger charge is 2.14. The molecule has 0 aliphatic rings. The molecule has 1 amide bonds. The summed E-state index contributed by atoms with van der Waals surface area (Å²) in [6.07, 6.45) is 3.08. The molecule has 2 N–H and O–H groups in total. The third kappa shape index (κ3) is 4.37. The highest BCUT2D eigenvalue weighted by atomic mass is 32.2. The first-order valence-electron chi connectivity index (χ1n) is 6.92. The van der Waals surface area contributed by atoms with Gasteiger partial charge in [0, 0.05) is 6.08 Å². The number of nitriles is 1. The normalized spacial score (nSPS) is 10.5. The first kappa shape index (κ1) is 16.6. The lowest BCUT2D eigenvalue weighted by atomic mass is 10.2. The SMILES string of the molecule is CCSc1n[nH]c(NC(=O)C=Cc2ccc(OC)cc2)c1C#N. The van der Waals surface area contributed by atoms with Crippen LogP contribution in [0.5, 0.6) is 5.75 Å². The van der Waals surface area contributed by atoms with Crippen LogP contribution in [0.15, 0.2) is 35.4 Å². The maximum atomic E-state index is 12.0. The molecule has 2 aromatic rings. The Morgan fingerprint density at radius 1 is 1.48 bits per heavy atom. The van der Waals surface area contributed by atoms with E-state index in [4.69, 9.17) is 4.74 Å². The van der Waals surface area contributed by atoms with Gasteiger partial charge in [0.15, 0.2) is 0 Å². The zero-order chi connectivity index (χ0) is 16.7. The van der Waals surface area contributed by atoms with Crippen molar-refractivity contribution in [3.8, 4) is 11.8 Å². The zero-order valence-corrected chi connectivity index (χ0v) is 13.6. The number of rotatable bonds is 6. The van der Waals surface area contributed by atoms with Gasteiger partial charge in [-0.2, -0.15) is 10.4 Å². The number of carbonyl (C=O) groups is 1. The van der Waals surface area contributed by atoms with Crippen molar-refractivity contribution in [1.82, 2.24) is 10.2 Å².